The van der Waals surface area contributed by atoms with Gasteiger partial charge in [-0.05, 0) is 38.4 Å². The maximum absolute atomic E-state index is 11.9. The molecule has 1 fully saturated rings. The second-order valence-electron chi connectivity index (χ2n) is 5.44. The van der Waals surface area contributed by atoms with E-state index in [9.17, 15) is 9.90 Å². The maximum atomic E-state index is 11.9. The highest BCUT2D eigenvalue weighted by Crippen LogP contribution is 2.30. The molecule has 0 saturated heterocycles. The van der Waals surface area contributed by atoms with E-state index in [1.807, 2.05) is 30.3 Å². The molecule has 1 unspecified atom stereocenters. The smallest absolute Gasteiger partial charge is 0.328 e. The Kier molecular flexibility index (Phi) is 4.78. The number of carboxylic acids is 1. The monoisotopic (exact) mass is 276 g/mol. The zero-order valence-electron chi connectivity index (χ0n) is 12.3. The van der Waals surface area contributed by atoms with Gasteiger partial charge >= 0.3 is 5.97 Å². The van der Waals surface area contributed by atoms with Crippen molar-refractivity contribution in [2.24, 2.45) is 0 Å². The topological polar surface area (TPSA) is 52.6 Å². The number of nitrogens with zero attached hydrogens (tertiary/aromatic N) is 1. The van der Waals surface area contributed by atoms with Crippen LogP contribution in [0.15, 0.2) is 30.3 Å². The first-order valence-corrected chi connectivity index (χ1v) is 7.36. The van der Waals surface area contributed by atoms with Gasteiger partial charge in [0.15, 0.2) is 0 Å². The van der Waals surface area contributed by atoms with Gasteiger partial charge in [0.2, 0.25) is 0 Å². The summed E-state index contributed by atoms with van der Waals surface area (Å²) in [6.45, 7) is 3.94. The molecule has 0 radical (unpaired) electrons. The third kappa shape index (κ3) is 3.02. The lowest BCUT2D eigenvalue weighted by Gasteiger charge is -2.32. The quantitative estimate of drug-likeness (QED) is 0.763. The van der Waals surface area contributed by atoms with Crippen LogP contribution >= 0.6 is 0 Å². The van der Waals surface area contributed by atoms with E-state index in [1.165, 1.54) is 12.8 Å². The van der Waals surface area contributed by atoms with Crippen molar-refractivity contribution >= 4 is 5.97 Å². The second kappa shape index (κ2) is 6.37. The molecule has 4 nitrogen and oxygen atoms in total. The van der Waals surface area contributed by atoms with Crippen LogP contribution in [0.2, 0.25) is 0 Å². The summed E-state index contributed by atoms with van der Waals surface area (Å²) < 4.78 is 0. The standard InChI is InChI=1S/C16H24N2O2/c1-3-18(14-9-10-14)12-11-16(17-2,15(19)20)13-7-5-4-6-8-13/h4-8,14,17H,3,9-12H2,1-2H3,(H,19,20). The molecule has 2 rings (SSSR count). The van der Waals surface area contributed by atoms with E-state index in [0.717, 1.165) is 18.7 Å². The van der Waals surface area contributed by atoms with Gasteiger partial charge in [-0.3, -0.25) is 0 Å². The number of nitrogens with one attached hydrogen (secondary N) is 1. The number of carbonyl (C=O) groups is 1. The highest BCUT2D eigenvalue weighted by molar-refractivity contribution is 5.80. The van der Waals surface area contributed by atoms with Crippen molar-refractivity contribution in [1.29, 1.82) is 0 Å². The van der Waals surface area contributed by atoms with E-state index in [4.69, 9.17) is 0 Å². The van der Waals surface area contributed by atoms with Crippen LogP contribution in [0.25, 0.3) is 0 Å². The molecule has 20 heavy (non-hydrogen) atoms. The number of rotatable bonds is 8. The molecule has 0 aromatic heterocycles. The Bertz CT molecular complexity index is 445. The van der Waals surface area contributed by atoms with Crippen LogP contribution in [0.3, 0.4) is 0 Å². The van der Waals surface area contributed by atoms with Gasteiger partial charge in [-0.2, -0.15) is 0 Å². The van der Waals surface area contributed by atoms with Crippen molar-refractivity contribution in [3.63, 3.8) is 0 Å². The van der Waals surface area contributed by atoms with E-state index < -0.39 is 11.5 Å². The third-order valence-corrected chi connectivity index (χ3v) is 4.30. The number of aliphatic carboxylic acids is 1. The normalized spacial score (nSPS) is 17.9. The van der Waals surface area contributed by atoms with Crippen LogP contribution in [0, 0.1) is 0 Å². The summed E-state index contributed by atoms with van der Waals surface area (Å²) >= 11 is 0. The van der Waals surface area contributed by atoms with E-state index >= 15 is 0 Å². The Morgan fingerprint density at radius 3 is 2.50 bits per heavy atom. The van der Waals surface area contributed by atoms with Crippen LogP contribution in [0.4, 0.5) is 0 Å². The third-order valence-electron chi connectivity index (χ3n) is 4.30. The average Bonchev–Trinajstić information content (AvgIpc) is 3.29. The first-order valence-electron chi connectivity index (χ1n) is 7.36. The van der Waals surface area contributed by atoms with Crippen molar-refractivity contribution in [3.8, 4) is 0 Å². The van der Waals surface area contributed by atoms with Gasteiger partial charge in [0.05, 0.1) is 0 Å². The number of likely N-dealkylation sites (N-methyl/N-ethyl adjacent to an activating group) is 1. The molecule has 1 aromatic carbocycles. The largest absolute Gasteiger partial charge is 0.480 e. The molecule has 0 spiro atoms. The summed E-state index contributed by atoms with van der Waals surface area (Å²) in [6, 6.07) is 10.1. The van der Waals surface area contributed by atoms with Gasteiger partial charge in [-0.1, -0.05) is 37.3 Å². The van der Waals surface area contributed by atoms with Crippen molar-refractivity contribution < 1.29 is 9.90 Å². The number of benzene rings is 1. The van der Waals surface area contributed by atoms with Crippen LogP contribution in [0.5, 0.6) is 0 Å². The molecule has 4 heteroatoms. The Balaban J connectivity index is 2.16. The molecule has 0 amide bonds. The van der Waals surface area contributed by atoms with E-state index in [-0.39, 0.29) is 0 Å². The fraction of sp³-hybridized carbons (Fsp3) is 0.562. The number of hydrogen-bond donors (Lipinski definition) is 2. The molecular weight excluding hydrogens is 252 g/mol. The minimum absolute atomic E-state index is 0.577. The zero-order valence-corrected chi connectivity index (χ0v) is 12.3. The zero-order chi connectivity index (χ0) is 14.6. The summed E-state index contributed by atoms with van der Waals surface area (Å²) in [5, 5.41) is 12.8. The van der Waals surface area contributed by atoms with Crippen molar-refractivity contribution in [2.45, 2.75) is 37.8 Å². The second-order valence-corrected chi connectivity index (χ2v) is 5.44. The molecule has 0 aliphatic heterocycles. The van der Waals surface area contributed by atoms with Crippen molar-refractivity contribution in [3.05, 3.63) is 35.9 Å². The molecule has 110 valence electrons. The fourth-order valence-corrected chi connectivity index (χ4v) is 2.82. The summed E-state index contributed by atoms with van der Waals surface area (Å²) in [5.74, 6) is -0.807. The first kappa shape index (κ1) is 15.0. The molecular formula is C16H24N2O2. The molecule has 0 heterocycles. The molecule has 0 bridgehead atoms. The van der Waals surface area contributed by atoms with Crippen LogP contribution in [-0.4, -0.2) is 42.2 Å². The van der Waals surface area contributed by atoms with Gasteiger partial charge in [-0.25, -0.2) is 4.79 Å². The molecule has 1 aliphatic rings. The predicted octanol–water partition coefficient (Wildman–Crippen LogP) is 2.06. The van der Waals surface area contributed by atoms with Gasteiger partial charge < -0.3 is 15.3 Å². The molecule has 1 saturated carbocycles. The first-order chi connectivity index (χ1) is 9.64. The molecule has 1 atom stereocenters. The van der Waals surface area contributed by atoms with Gasteiger partial charge in [0.1, 0.15) is 5.54 Å². The Morgan fingerprint density at radius 1 is 1.40 bits per heavy atom. The van der Waals surface area contributed by atoms with Crippen LogP contribution in [-0.2, 0) is 10.3 Å². The van der Waals surface area contributed by atoms with E-state index in [1.54, 1.807) is 7.05 Å². The number of carboxylic acid groups (broad SMARTS) is 1. The summed E-state index contributed by atoms with van der Waals surface area (Å²) in [4.78, 5) is 14.2. The lowest BCUT2D eigenvalue weighted by molar-refractivity contribution is -0.145. The molecule has 2 N–H and O–H groups in total. The minimum atomic E-state index is -0.996. The molecule has 1 aromatic rings. The lowest BCUT2D eigenvalue weighted by Crippen LogP contribution is -2.49. The predicted molar refractivity (Wildman–Crippen MR) is 79.7 cm³/mol. The highest BCUT2D eigenvalue weighted by Gasteiger charge is 2.40. The fourth-order valence-electron chi connectivity index (χ4n) is 2.82. The Morgan fingerprint density at radius 2 is 2.05 bits per heavy atom. The van der Waals surface area contributed by atoms with Gasteiger partial charge in [0, 0.05) is 12.6 Å². The average molecular weight is 276 g/mol. The minimum Gasteiger partial charge on any atom is -0.480 e. The lowest BCUT2D eigenvalue weighted by atomic mass is 9.86. The van der Waals surface area contributed by atoms with E-state index in [0.29, 0.717) is 12.5 Å². The molecule has 1 aliphatic carbocycles. The van der Waals surface area contributed by atoms with Crippen LogP contribution in [0.1, 0.15) is 31.7 Å². The maximum Gasteiger partial charge on any atom is 0.328 e. The summed E-state index contributed by atoms with van der Waals surface area (Å²) in [6.07, 6.45) is 3.07. The van der Waals surface area contributed by atoms with Crippen molar-refractivity contribution in [1.82, 2.24) is 10.2 Å². The Hall–Kier alpha value is -1.39. The summed E-state index contributed by atoms with van der Waals surface area (Å²) in [7, 11) is 1.73. The van der Waals surface area contributed by atoms with Crippen molar-refractivity contribution in [2.75, 3.05) is 20.1 Å². The van der Waals surface area contributed by atoms with E-state index in [2.05, 4.69) is 17.1 Å². The number of hydrogen-bond acceptors (Lipinski definition) is 3. The SMILES string of the molecule is CCN(CCC(NC)(C(=O)O)c1ccccc1)C1CC1. The summed E-state index contributed by atoms with van der Waals surface area (Å²) in [5.41, 5.74) is -0.175. The van der Waals surface area contributed by atoms with Gasteiger partial charge in [-0.15, -0.1) is 0 Å². The highest BCUT2D eigenvalue weighted by atomic mass is 16.4. The van der Waals surface area contributed by atoms with Crippen LogP contribution < -0.4 is 5.32 Å². The van der Waals surface area contributed by atoms with Gasteiger partial charge in [0.25, 0.3) is 0 Å². The Labute approximate surface area is 120 Å².